The number of halogens is 2. The minimum absolute atomic E-state index is 0. The van der Waals surface area contributed by atoms with Crippen molar-refractivity contribution in [3.8, 4) is 0 Å². The summed E-state index contributed by atoms with van der Waals surface area (Å²) in [6.45, 7) is 2.16. The van der Waals surface area contributed by atoms with Gasteiger partial charge in [0.05, 0.1) is 13.0 Å². The Balaban J connectivity index is 0. The first-order valence-corrected chi connectivity index (χ1v) is 4.55. The van der Waals surface area contributed by atoms with Crippen molar-refractivity contribution < 1.29 is 9.53 Å². The van der Waals surface area contributed by atoms with E-state index in [2.05, 4.69) is 4.98 Å². The highest BCUT2D eigenvalue weighted by molar-refractivity contribution is 5.85. The van der Waals surface area contributed by atoms with Gasteiger partial charge in [-0.25, -0.2) is 0 Å². The van der Waals surface area contributed by atoms with Gasteiger partial charge in [-0.3, -0.25) is 9.78 Å². The smallest absolute Gasteiger partial charge is 0.307 e. The first-order chi connectivity index (χ1) is 6.74. The Hall–Kier alpha value is -0.840. The molecule has 0 aliphatic carbocycles. The fourth-order valence-corrected chi connectivity index (χ4v) is 1.13. The van der Waals surface area contributed by atoms with Gasteiger partial charge in [0.25, 0.3) is 0 Å². The summed E-state index contributed by atoms with van der Waals surface area (Å²) in [6.07, 6.45) is 3.51. The van der Waals surface area contributed by atoms with Gasteiger partial charge in [-0.15, -0.1) is 24.8 Å². The van der Waals surface area contributed by atoms with E-state index in [1.165, 1.54) is 0 Å². The van der Waals surface area contributed by atoms with E-state index in [0.717, 1.165) is 5.56 Å². The first-order valence-electron chi connectivity index (χ1n) is 4.55. The number of nitrogens with zero attached hydrogens (tertiary/aromatic N) is 1. The van der Waals surface area contributed by atoms with Gasteiger partial charge in [-0.05, 0) is 24.6 Å². The van der Waals surface area contributed by atoms with Gasteiger partial charge in [0.15, 0.2) is 0 Å². The quantitative estimate of drug-likeness (QED) is 0.846. The second kappa shape index (κ2) is 9.39. The Morgan fingerprint density at radius 1 is 1.44 bits per heavy atom. The Bertz CT molecular complexity index is 296. The van der Waals surface area contributed by atoms with Crippen molar-refractivity contribution in [1.82, 2.24) is 4.98 Å². The van der Waals surface area contributed by atoms with E-state index in [1.54, 1.807) is 31.5 Å². The second-order valence-corrected chi connectivity index (χ2v) is 2.90. The molecule has 1 unspecified atom stereocenters. The van der Waals surface area contributed by atoms with Crippen LogP contribution >= 0.6 is 24.8 Å². The summed E-state index contributed by atoms with van der Waals surface area (Å²) >= 11 is 0. The highest BCUT2D eigenvalue weighted by atomic mass is 35.5. The molecular formula is C10H16Cl2N2O2. The number of carbonyl (C=O) groups excluding carboxylic acids is 1. The highest BCUT2D eigenvalue weighted by Crippen LogP contribution is 2.12. The lowest BCUT2D eigenvalue weighted by molar-refractivity contribution is -0.143. The van der Waals surface area contributed by atoms with Crippen LogP contribution in [0.5, 0.6) is 0 Å². The number of rotatable bonds is 4. The van der Waals surface area contributed by atoms with E-state index in [0.29, 0.717) is 6.61 Å². The minimum Gasteiger partial charge on any atom is -0.466 e. The van der Waals surface area contributed by atoms with Crippen molar-refractivity contribution in [3.63, 3.8) is 0 Å². The summed E-state index contributed by atoms with van der Waals surface area (Å²) in [5, 5.41) is 0. The topological polar surface area (TPSA) is 65.2 Å². The Kier molecular flexibility index (Phi) is 10.3. The van der Waals surface area contributed by atoms with Gasteiger partial charge in [-0.2, -0.15) is 0 Å². The van der Waals surface area contributed by atoms with Crippen LogP contribution in [-0.2, 0) is 9.53 Å². The van der Waals surface area contributed by atoms with Crippen LogP contribution in [0.1, 0.15) is 24.9 Å². The highest BCUT2D eigenvalue weighted by Gasteiger charge is 2.11. The number of pyridine rings is 1. The molecule has 0 aliphatic heterocycles. The van der Waals surface area contributed by atoms with Crippen LogP contribution in [0.2, 0.25) is 0 Å². The third-order valence-electron chi connectivity index (χ3n) is 1.83. The maximum absolute atomic E-state index is 11.1. The molecule has 0 spiro atoms. The van der Waals surface area contributed by atoms with Gasteiger partial charge in [-0.1, -0.05) is 0 Å². The fraction of sp³-hybridized carbons (Fsp3) is 0.400. The van der Waals surface area contributed by atoms with Crippen molar-refractivity contribution >= 4 is 30.8 Å². The van der Waals surface area contributed by atoms with Crippen molar-refractivity contribution in [1.29, 1.82) is 0 Å². The van der Waals surface area contributed by atoms with Gasteiger partial charge in [0.2, 0.25) is 0 Å². The van der Waals surface area contributed by atoms with Gasteiger partial charge >= 0.3 is 5.97 Å². The molecule has 1 aromatic heterocycles. The van der Waals surface area contributed by atoms with Crippen LogP contribution in [0.25, 0.3) is 0 Å². The Morgan fingerprint density at radius 3 is 2.50 bits per heavy atom. The van der Waals surface area contributed by atoms with Crippen LogP contribution in [0.15, 0.2) is 24.5 Å². The fourth-order valence-electron chi connectivity index (χ4n) is 1.13. The van der Waals surface area contributed by atoms with E-state index in [9.17, 15) is 4.79 Å². The SMILES string of the molecule is CCOC(=O)CC(N)c1ccncc1.Cl.Cl. The number of carbonyl (C=O) groups is 1. The molecule has 0 bridgehead atoms. The monoisotopic (exact) mass is 266 g/mol. The molecular weight excluding hydrogens is 251 g/mol. The zero-order valence-electron chi connectivity index (χ0n) is 8.96. The van der Waals surface area contributed by atoms with Crippen LogP contribution in [0, 0.1) is 0 Å². The molecule has 0 saturated heterocycles. The van der Waals surface area contributed by atoms with E-state index >= 15 is 0 Å². The Morgan fingerprint density at radius 2 is 2.00 bits per heavy atom. The third kappa shape index (κ3) is 5.90. The van der Waals surface area contributed by atoms with E-state index < -0.39 is 0 Å². The van der Waals surface area contributed by atoms with Crippen molar-refractivity contribution in [2.24, 2.45) is 5.73 Å². The number of ether oxygens (including phenoxy) is 1. The van der Waals surface area contributed by atoms with E-state index in [4.69, 9.17) is 10.5 Å². The minimum atomic E-state index is -0.308. The molecule has 1 atom stereocenters. The largest absolute Gasteiger partial charge is 0.466 e. The second-order valence-electron chi connectivity index (χ2n) is 2.90. The molecule has 0 radical (unpaired) electrons. The summed E-state index contributed by atoms with van der Waals surface area (Å²) in [5.41, 5.74) is 6.69. The zero-order chi connectivity index (χ0) is 10.4. The van der Waals surface area contributed by atoms with Gasteiger partial charge in [0, 0.05) is 18.4 Å². The molecule has 4 nitrogen and oxygen atoms in total. The molecule has 1 aromatic rings. The van der Waals surface area contributed by atoms with E-state index in [-0.39, 0.29) is 43.2 Å². The number of hydrogen-bond donors (Lipinski definition) is 1. The van der Waals surface area contributed by atoms with Gasteiger partial charge < -0.3 is 10.5 Å². The molecule has 0 saturated carbocycles. The molecule has 16 heavy (non-hydrogen) atoms. The average Bonchev–Trinajstić information content (AvgIpc) is 2.19. The van der Waals surface area contributed by atoms with Crippen LogP contribution in [0.3, 0.4) is 0 Å². The predicted octanol–water partition coefficient (Wildman–Crippen LogP) is 1.88. The summed E-state index contributed by atoms with van der Waals surface area (Å²) in [7, 11) is 0. The number of aromatic nitrogens is 1. The van der Waals surface area contributed by atoms with E-state index in [1.807, 2.05) is 0 Å². The van der Waals surface area contributed by atoms with Crippen LogP contribution < -0.4 is 5.73 Å². The third-order valence-corrected chi connectivity index (χ3v) is 1.83. The first kappa shape index (κ1) is 17.6. The lowest BCUT2D eigenvalue weighted by Crippen LogP contribution is -2.17. The Labute approximate surface area is 107 Å². The number of nitrogens with two attached hydrogens (primary N) is 1. The van der Waals surface area contributed by atoms with Crippen molar-refractivity contribution in [2.45, 2.75) is 19.4 Å². The molecule has 92 valence electrons. The average molecular weight is 267 g/mol. The zero-order valence-corrected chi connectivity index (χ0v) is 10.6. The lowest BCUT2D eigenvalue weighted by Gasteiger charge is -2.10. The van der Waals surface area contributed by atoms with Crippen LogP contribution in [-0.4, -0.2) is 17.6 Å². The van der Waals surface area contributed by atoms with Gasteiger partial charge in [0.1, 0.15) is 0 Å². The van der Waals surface area contributed by atoms with Crippen molar-refractivity contribution in [2.75, 3.05) is 6.61 Å². The standard InChI is InChI=1S/C10H14N2O2.2ClH/c1-2-14-10(13)7-9(11)8-3-5-12-6-4-8;;/h3-6,9H,2,7,11H2,1H3;2*1H. The van der Waals surface area contributed by atoms with Crippen LogP contribution in [0.4, 0.5) is 0 Å². The molecule has 0 amide bonds. The number of hydrogen-bond acceptors (Lipinski definition) is 4. The molecule has 6 heteroatoms. The molecule has 2 N–H and O–H groups in total. The summed E-state index contributed by atoms with van der Waals surface area (Å²) in [4.78, 5) is 15.0. The molecule has 0 aliphatic rings. The molecule has 0 aromatic carbocycles. The normalized spacial score (nSPS) is 10.6. The van der Waals surface area contributed by atoms with Crippen molar-refractivity contribution in [3.05, 3.63) is 30.1 Å². The molecule has 1 rings (SSSR count). The molecule has 1 heterocycles. The maximum atomic E-state index is 11.1. The maximum Gasteiger partial charge on any atom is 0.307 e. The number of esters is 1. The summed E-state index contributed by atoms with van der Waals surface area (Å²) in [6, 6.07) is 3.28. The lowest BCUT2D eigenvalue weighted by atomic mass is 10.1. The predicted molar refractivity (Wildman–Crippen MR) is 66.9 cm³/mol. The molecule has 0 fully saturated rings. The summed E-state index contributed by atoms with van der Waals surface area (Å²) in [5.74, 6) is -0.267. The summed E-state index contributed by atoms with van der Waals surface area (Å²) < 4.78 is 4.80.